The van der Waals surface area contributed by atoms with E-state index in [0.717, 1.165) is 23.7 Å². The maximum absolute atomic E-state index is 2.31. The molecular weight excluding hydrogens is 216 g/mol. The van der Waals surface area contributed by atoms with E-state index < -0.39 is 0 Å². The Morgan fingerprint density at radius 2 is 0.778 bits per heavy atom. The molecule has 0 nitrogen and oxygen atoms in total. The van der Waals surface area contributed by atoms with E-state index >= 15 is 0 Å². The summed E-state index contributed by atoms with van der Waals surface area (Å²) in [5, 5.41) is 0. The van der Waals surface area contributed by atoms with Gasteiger partial charge in [-0.3, -0.25) is 0 Å². The van der Waals surface area contributed by atoms with E-state index in [2.05, 4.69) is 55.4 Å². The highest BCUT2D eigenvalue weighted by Gasteiger charge is 2.12. The van der Waals surface area contributed by atoms with Crippen LogP contribution in [0.4, 0.5) is 0 Å². The lowest BCUT2D eigenvalue weighted by Crippen LogP contribution is -2.04. The molecule has 0 heterocycles. The Morgan fingerprint density at radius 1 is 0.611 bits per heavy atom. The van der Waals surface area contributed by atoms with Gasteiger partial charge in [0.1, 0.15) is 0 Å². The molecule has 18 heavy (non-hydrogen) atoms. The van der Waals surface area contributed by atoms with Gasteiger partial charge in [0.05, 0.1) is 0 Å². The summed E-state index contributed by atoms with van der Waals surface area (Å²) in [6.45, 7) is 17.6. The largest absolute Gasteiger partial charge is 0.0776 e. The molecule has 0 saturated heterocycles. The van der Waals surface area contributed by atoms with Gasteiger partial charge in [-0.1, -0.05) is 94.9 Å². The van der Waals surface area contributed by atoms with Gasteiger partial charge >= 0.3 is 0 Å². The van der Waals surface area contributed by atoms with E-state index in [0.29, 0.717) is 0 Å². The molecule has 0 amide bonds. The minimum atomic E-state index is 0. The second-order valence-corrected chi connectivity index (χ2v) is 7.18. The Balaban J connectivity index is -0.000000165. The Labute approximate surface area is 119 Å². The van der Waals surface area contributed by atoms with Gasteiger partial charge in [0.15, 0.2) is 0 Å². The summed E-state index contributed by atoms with van der Waals surface area (Å²) < 4.78 is 0. The first kappa shape index (κ1) is 23.1. The van der Waals surface area contributed by atoms with Crippen LogP contribution < -0.4 is 0 Å². The summed E-state index contributed by atoms with van der Waals surface area (Å²) in [6, 6.07) is 0. The molecule has 2 fully saturated rings. The summed E-state index contributed by atoms with van der Waals surface area (Å²) in [6.07, 6.45) is 7.43. The van der Waals surface area contributed by atoms with Crippen LogP contribution >= 0.6 is 0 Å². The molecule has 2 saturated carbocycles. The molecule has 0 atom stereocenters. The van der Waals surface area contributed by atoms with Gasteiger partial charge < -0.3 is 0 Å². The molecule has 0 bridgehead atoms. The molecule has 2 aliphatic carbocycles. The summed E-state index contributed by atoms with van der Waals surface area (Å²) in [4.78, 5) is 0. The van der Waals surface area contributed by atoms with Gasteiger partial charge in [-0.15, -0.1) is 0 Å². The smallest absolute Gasteiger partial charge is 0.0443 e. The highest BCUT2D eigenvalue weighted by Crippen LogP contribution is 2.26. The number of hydrogen-bond donors (Lipinski definition) is 0. The molecule has 0 spiro atoms. The van der Waals surface area contributed by atoms with E-state index in [9.17, 15) is 0 Å². The summed E-state index contributed by atoms with van der Waals surface area (Å²) in [7, 11) is 0. The highest BCUT2D eigenvalue weighted by molar-refractivity contribution is 4.65. The molecule has 0 radical (unpaired) electrons. The fourth-order valence-corrected chi connectivity index (χ4v) is 0.779. The summed E-state index contributed by atoms with van der Waals surface area (Å²) in [5.41, 5.74) is 0. The van der Waals surface area contributed by atoms with Gasteiger partial charge in [-0.05, 0) is 23.7 Å². The van der Waals surface area contributed by atoms with Gasteiger partial charge in [-0.25, -0.2) is 0 Å². The van der Waals surface area contributed by atoms with Crippen LogP contribution in [0.15, 0.2) is 0 Å². The van der Waals surface area contributed by atoms with Gasteiger partial charge in [0.25, 0.3) is 0 Å². The minimum absolute atomic E-state index is 0. The Kier molecular flexibility index (Phi) is 19.3. The van der Waals surface area contributed by atoms with Crippen LogP contribution in [-0.2, 0) is 0 Å². The van der Waals surface area contributed by atoms with E-state index in [1.165, 1.54) is 32.1 Å². The van der Waals surface area contributed by atoms with E-state index in [-0.39, 0.29) is 7.43 Å². The molecule has 2 aliphatic rings. The van der Waals surface area contributed by atoms with Crippen molar-refractivity contribution in [3.05, 3.63) is 0 Å². The first-order valence-electron chi connectivity index (χ1n) is 7.75. The number of rotatable bonds is 0. The van der Waals surface area contributed by atoms with Crippen molar-refractivity contribution in [3.8, 4) is 0 Å². The van der Waals surface area contributed by atoms with Crippen LogP contribution in [0.1, 0.15) is 94.9 Å². The molecular formula is C18H42. The van der Waals surface area contributed by atoms with Gasteiger partial charge in [0.2, 0.25) is 0 Å². The fourth-order valence-electron chi connectivity index (χ4n) is 0.779. The van der Waals surface area contributed by atoms with Crippen molar-refractivity contribution in [2.45, 2.75) is 94.9 Å². The maximum atomic E-state index is 2.31. The first-order valence-corrected chi connectivity index (χ1v) is 7.75. The lowest BCUT2D eigenvalue weighted by molar-refractivity contribution is 0.346. The zero-order valence-electron chi connectivity index (χ0n) is 13.8. The second-order valence-electron chi connectivity index (χ2n) is 7.18. The van der Waals surface area contributed by atoms with Crippen LogP contribution in [0.5, 0.6) is 0 Å². The molecule has 0 aromatic rings. The average molecular weight is 259 g/mol. The van der Waals surface area contributed by atoms with Gasteiger partial charge in [0, 0.05) is 0 Å². The quantitative estimate of drug-likeness (QED) is 0.431. The zero-order chi connectivity index (χ0) is 13.8. The molecule has 0 aromatic heterocycles. The van der Waals surface area contributed by atoms with Gasteiger partial charge in [-0.2, -0.15) is 0 Å². The predicted octanol–water partition coefficient (Wildman–Crippen LogP) is 7.18. The summed E-state index contributed by atoms with van der Waals surface area (Å²) >= 11 is 0. The van der Waals surface area contributed by atoms with E-state index in [1.54, 1.807) is 0 Å². The molecule has 0 unspecified atom stereocenters. The molecule has 0 heteroatoms. The topological polar surface area (TPSA) is 0 Å². The van der Waals surface area contributed by atoms with Crippen LogP contribution in [-0.4, -0.2) is 0 Å². The van der Waals surface area contributed by atoms with Crippen molar-refractivity contribution in [3.63, 3.8) is 0 Å². The lowest BCUT2D eigenvalue weighted by atomic mass is 9.88. The Morgan fingerprint density at radius 3 is 0.778 bits per heavy atom. The molecule has 2 rings (SSSR count). The maximum Gasteiger partial charge on any atom is -0.0443 e. The fraction of sp³-hybridized carbons (Fsp3) is 1.00. The summed E-state index contributed by atoms with van der Waals surface area (Å²) in [5.74, 6) is 3.81. The van der Waals surface area contributed by atoms with Crippen molar-refractivity contribution >= 4 is 0 Å². The number of hydrogen-bond acceptors (Lipinski definition) is 0. The minimum Gasteiger partial charge on any atom is -0.0776 e. The van der Waals surface area contributed by atoms with E-state index in [4.69, 9.17) is 0 Å². The average Bonchev–Trinajstić information content (AvgIpc) is 2.83. The van der Waals surface area contributed by atoms with Crippen molar-refractivity contribution in [1.29, 1.82) is 0 Å². The second kappa shape index (κ2) is 15.1. The van der Waals surface area contributed by atoms with Crippen molar-refractivity contribution < 1.29 is 0 Å². The molecule has 0 aromatic carbocycles. The van der Waals surface area contributed by atoms with Crippen LogP contribution in [0.25, 0.3) is 0 Å². The van der Waals surface area contributed by atoms with Crippen molar-refractivity contribution in [2.75, 3.05) is 0 Å². The highest BCUT2D eigenvalue weighted by atomic mass is 14.2. The van der Waals surface area contributed by atoms with Crippen LogP contribution in [0, 0.1) is 23.7 Å². The zero-order valence-corrected chi connectivity index (χ0v) is 13.8. The van der Waals surface area contributed by atoms with Crippen molar-refractivity contribution in [1.82, 2.24) is 0 Å². The predicted molar refractivity (Wildman–Crippen MR) is 89.2 cm³/mol. The standard InChI is InChI=1S/C5H10.C4H8.2C4H10.CH4/c1-5-3-2-4-5;1-4-2-3-4;2*1-4(2)3;/h5H,2-4H2,1H3;4H,2-3H2,1H3;2*4H,1-3H3;1H4. The monoisotopic (exact) mass is 258 g/mol. The van der Waals surface area contributed by atoms with Crippen LogP contribution in [0.3, 0.4) is 0 Å². The SMILES string of the molecule is C.CC(C)C.CC(C)C.CC1CC1.CC1CCC1. The molecule has 0 N–H and O–H groups in total. The normalized spacial score (nSPS) is 17.0. The molecule has 0 aliphatic heterocycles. The third kappa shape index (κ3) is 44.4. The van der Waals surface area contributed by atoms with E-state index in [1.807, 2.05) is 0 Å². The Hall–Kier alpha value is 0. The van der Waals surface area contributed by atoms with Crippen molar-refractivity contribution in [2.24, 2.45) is 23.7 Å². The third-order valence-electron chi connectivity index (χ3n) is 2.26. The van der Waals surface area contributed by atoms with Crippen LogP contribution in [0.2, 0.25) is 0 Å². The Bertz CT molecular complexity index is 115. The lowest BCUT2D eigenvalue weighted by Gasteiger charge is -2.18. The third-order valence-corrected chi connectivity index (χ3v) is 2.26. The molecule has 114 valence electrons. The first-order chi connectivity index (χ1) is 7.75.